The van der Waals surface area contributed by atoms with Crippen molar-refractivity contribution >= 4 is 0 Å². The van der Waals surface area contributed by atoms with Gasteiger partial charge < -0.3 is 9.80 Å². The third-order valence-corrected chi connectivity index (χ3v) is 5.43. The molecule has 20 heavy (non-hydrogen) atoms. The van der Waals surface area contributed by atoms with E-state index in [2.05, 4.69) is 0 Å². The summed E-state index contributed by atoms with van der Waals surface area (Å²) in [5.74, 6) is 0. The normalized spacial score (nSPS) is 32.4. The Morgan fingerprint density at radius 1 is 0.250 bits per heavy atom. The predicted octanol–water partition coefficient (Wildman–Crippen LogP) is 1.46. The second-order valence-corrected chi connectivity index (χ2v) is 7.24. The Balaban J connectivity index is 1.89. The van der Waals surface area contributed by atoms with Crippen LogP contribution in [-0.2, 0) is 0 Å². The highest BCUT2D eigenvalue weighted by atomic mass is 15.1. The Kier molecular flexibility index (Phi) is 8.65. The highest BCUT2D eigenvalue weighted by molar-refractivity contribution is 4.49. The van der Waals surface area contributed by atoms with Crippen molar-refractivity contribution in [2.75, 3.05) is 39.3 Å². The van der Waals surface area contributed by atoms with Crippen molar-refractivity contribution in [3.63, 3.8) is 0 Å². The van der Waals surface area contributed by atoms with Crippen LogP contribution in [-0.4, -0.2) is 39.3 Å². The molecule has 0 aromatic carbocycles. The van der Waals surface area contributed by atoms with Crippen LogP contribution in [0.2, 0.25) is 0 Å². The van der Waals surface area contributed by atoms with Crippen LogP contribution in [0.15, 0.2) is 0 Å². The monoisotopic (exact) mass is 282 g/mol. The quantitative estimate of drug-likeness (QED) is 0.666. The standard InChI is InChI=1S/C18H36N2/c1-2-8-14-20-17-11-5-3-9-15-19(13-7-1)16-10-4-6-12-18-20/h1-18H2/p+2. The van der Waals surface area contributed by atoms with Gasteiger partial charge in [0.2, 0.25) is 0 Å². The molecule has 0 spiro atoms. The zero-order chi connectivity index (χ0) is 13.9. The molecule has 3 rings (SSSR count). The number of hydrogen-bond acceptors (Lipinski definition) is 0. The molecule has 0 radical (unpaired) electrons. The summed E-state index contributed by atoms with van der Waals surface area (Å²) in [5.41, 5.74) is 0. The van der Waals surface area contributed by atoms with Crippen molar-refractivity contribution in [3.8, 4) is 0 Å². The molecule has 2 bridgehead atoms. The van der Waals surface area contributed by atoms with E-state index in [1.54, 1.807) is 0 Å². The van der Waals surface area contributed by atoms with E-state index in [0.29, 0.717) is 0 Å². The highest BCUT2D eigenvalue weighted by Gasteiger charge is 2.12. The van der Waals surface area contributed by atoms with Gasteiger partial charge in [0.05, 0.1) is 39.3 Å². The molecule has 3 heterocycles. The third kappa shape index (κ3) is 7.08. The lowest BCUT2D eigenvalue weighted by atomic mass is 10.1. The number of fused-ring (bicyclic) bond motifs is 15. The van der Waals surface area contributed by atoms with Crippen LogP contribution in [0, 0.1) is 0 Å². The summed E-state index contributed by atoms with van der Waals surface area (Å²) in [6.45, 7) is 8.73. The Bertz CT molecular complexity index is 167. The maximum Gasteiger partial charge on any atom is 0.0770 e. The lowest BCUT2D eigenvalue weighted by Crippen LogP contribution is -3.12. The summed E-state index contributed by atoms with van der Waals surface area (Å²) in [5, 5.41) is 0. The lowest BCUT2D eigenvalue weighted by molar-refractivity contribution is -0.903. The van der Waals surface area contributed by atoms with Crippen molar-refractivity contribution < 1.29 is 9.80 Å². The van der Waals surface area contributed by atoms with Crippen LogP contribution < -0.4 is 9.80 Å². The Morgan fingerprint density at radius 2 is 0.450 bits per heavy atom. The fourth-order valence-electron chi connectivity index (χ4n) is 4.06. The predicted molar refractivity (Wildman–Crippen MR) is 86.5 cm³/mol. The minimum atomic E-state index is 1.45. The lowest BCUT2D eigenvalue weighted by Gasteiger charge is -2.23. The first kappa shape index (κ1) is 16.3. The van der Waals surface area contributed by atoms with Gasteiger partial charge in [0.1, 0.15) is 0 Å². The number of hydrogen-bond donors (Lipinski definition) is 2. The van der Waals surface area contributed by atoms with Gasteiger partial charge in [-0.05, 0) is 77.0 Å². The van der Waals surface area contributed by atoms with Gasteiger partial charge in [-0.1, -0.05) is 0 Å². The molecule has 3 saturated heterocycles. The molecule has 0 atom stereocenters. The first-order chi connectivity index (χ1) is 9.95. The molecule has 3 aliphatic rings. The second kappa shape index (κ2) is 10.6. The van der Waals surface area contributed by atoms with Crippen LogP contribution in [0.4, 0.5) is 0 Å². The molecule has 0 unspecified atom stereocenters. The van der Waals surface area contributed by atoms with Crippen LogP contribution in [0.25, 0.3) is 0 Å². The summed E-state index contributed by atoms with van der Waals surface area (Å²) in [7, 11) is 0. The van der Waals surface area contributed by atoms with Crippen molar-refractivity contribution in [2.24, 2.45) is 0 Å². The number of rotatable bonds is 0. The molecule has 3 aliphatic heterocycles. The van der Waals surface area contributed by atoms with Gasteiger partial charge in [0.25, 0.3) is 0 Å². The zero-order valence-electron chi connectivity index (χ0n) is 13.7. The average Bonchev–Trinajstić information content (AvgIpc) is 2.47. The van der Waals surface area contributed by atoms with E-state index < -0.39 is 0 Å². The molecular weight excluding hydrogens is 244 g/mol. The van der Waals surface area contributed by atoms with Gasteiger partial charge in [-0.2, -0.15) is 0 Å². The Morgan fingerprint density at radius 3 is 0.650 bits per heavy atom. The van der Waals surface area contributed by atoms with Gasteiger partial charge in [-0.15, -0.1) is 0 Å². The molecular formula is C18H38N2+2. The summed E-state index contributed by atoms with van der Waals surface area (Å²) in [6.07, 6.45) is 17.8. The maximum absolute atomic E-state index is 1.92. The average molecular weight is 283 g/mol. The Hall–Kier alpha value is -0.0800. The number of quaternary nitrogens is 2. The van der Waals surface area contributed by atoms with Gasteiger partial charge in [-0.3, -0.25) is 0 Å². The van der Waals surface area contributed by atoms with Gasteiger partial charge >= 0.3 is 0 Å². The molecule has 118 valence electrons. The maximum atomic E-state index is 1.92. The van der Waals surface area contributed by atoms with Crippen LogP contribution in [0.1, 0.15) is 77.0 Å². The molecule has 0 amide bonds. The van der Waals surface area contributed by atoms with Crippen LogP contribution >= 0.6 is 0 Å². The van der Waals surface area contributed by atoms with E-state index in [9.17, 15) is 0 Å². The first-order valence-electron chi connectivity index (χ1n) is 9.62. The van der Waals surface area contributed by atoms with Crippen molar-refractivity contribution in [1.29, 1.82) is 0 Å². The molecule has 2 nitrogen and oxygen atoms in total. The Labute approximate surface area is 126 Å². The number of nitrogens with one attached hydrogen (secondary N) is 2. The van der Waals surface area contributed by atoms with E-state index in [4.69, 9.17) is 0 Å². The van der Waals surface area contributed by atoms with Crippen LogP contribution in [0.3, 0.4) is 0 Å². The molecule has 0 aromatic rings. The van der Waals surface area contributed by atoms with Gasteiger partial charge in [0.15, 0.2) is 0 Å². The van der Waals surface area contributed by atoms with Crippen molar-refractivity contribution in [1.82, 2.24) is 0 Å². The van der Waals surface area contributed by atoms with E-state index in [-0.39, 0.29) is 0 Å². The van der Waals surface area contributed by atoms with Crippen LogP contribution in [0.5, 0.6) is 0 Å². The summed E-state index contributed by atoms with van der Waals surface area (Å²) in [4.78, 5) is 3.85. The molecule has 2 N–H and O–H groups in total. The van der Waals surface area contributed by atoms with E-state index >= 15 is 0 Å². The van der Waals surface area contributed by atoms with Gasteiger partial charge in [-0.25, -0.2) is 0 Å². The van der Waals surface area contributed by atoms with E-state index in [0.717, 1.165) is 0 Å². The molecule has 3 fully saturated rings. The van der Waals surface area contributed by atoms with E-state index in [1.165, 1.54) is 116 Å². The fraction of sp³-hybridized carbons (Fsp3) is 1.00. The minimum absolute atomic E-state index is 1.45. The minimum Gasteiger partial charge on any atom is -0.335 e. The molecule has 0 aromatic heterocycles. The largest absolute Gasteiger partial charge is 0.335 e. The second-order valence-electron chi connectivity index (χ2n) is 7.24. The smallest absolute Gasteiger partial charge is 0.0770 e. The van der Waals surface area contributed by atoms with Gasteiger partial charge in [0, 0.05) is 0 Å². The van der Waals surface area contributed by atoms with E-state index in [1.807, 2.05) is 9.80 Å². The molecule has 0 saturated carbocycles. The summed E-state index contributed by atoms with van der Waals surface area (Å²) >= 11 is 0. The highest BCUT2D eigenvalue weighted by Crippen LogP contribution is 2.02. The third-order valence-electron chi connectivity index (χ3n) is 5.43. The zero-order valence-corrected chi connectivity index (χ0v) is 13.7. The summed E-state index contributed by atoms with van der Waals surface area (Å²) in [6, 6.07) is 0. The molecule has 0 aliphatic carbocycles. The fourth-order valence-corrected chi connectivity index (χ4v) is 4.06. The topological polar surface area (TPSA) is 8.88 Å². The van der Waals surface area contributed by atoms with Crippen molar-refractivity contribution in [3.05, 3.63) is 0 Å². The first-order valence-corrected chi connectivity index (χ1v) is 9.62. The molecule has 2 heteroatoms. The SMILES string of the molecule is C1CCC[NH+]2CCCCCC[NH+](CC1)CCCCCC2. The summed E-state index contributed by atoms with van der Waals surface area (Å²) < 4.78 is 0. The van der Waals surface area contributed by atoms with Crippen molar-refractivity contribution in [2.45, 2.75) is 77.0 Å².